The number of hydrogen-bond donors (Lipinski definition) is 1. The lowest BCUT2D eigenvalue weighted by atomic mass is 10.0. The molecule has 4 aromatic rings. The highest BCUT2D eigenvalue weighted by atomic mass is 16.1. The van der Waals surface area contributed by atoms with Gasteiger partial charge in [0, 0.05) is 17.6 Å². The van der Waals surface area contributed by atoms with E-state index in [1.54, 1.807) is 12.3 Å². The molecule has 172 valence electrons. The minimum atomic E-state index is -0.145. The first kappa shape index (κ1) is 26.1. The van der Waals surface area contributed by atoms with E-state index in [1.807, 2.05) is 55.5 Å². The van der Waals surface area contributed by atoms with E-state index in [0.717, 1.165) is 17.8 Å². The first-order valence-corrected chi connectivity index (χ1v) is 11.1. The van der Waals surface area contributed by atoms with Crippen molar-refractivity contribution in [2.24, 2.45) is 0 Å². The third-order valence-electron chi connectivity index (χ3n) is 5.30. The molecule has 0 atom stereocenters. The average Bonchev–Trinajstić information content (AvgIpc) is 2.85. The molecule has 1 heterocycles. The van der Waals surface area contributed by atoms with Crippen LogP contribution in [0.5, 0.6) is 0 Å². The number of aryl methyl sites for hydroxylation is 4. The molecule has 0 aliphatic rings. The summed E-state index contributed by atoms with van der Waals surface area (Å²) in [7, 11) is 0. The van der Waals surface area contributed by atoms with Crippen LogP contribution in [0.2, 0.25) is 0 Å². The molecule has 0 spiro atoms. The summed E-state index contributed by atoms with van der Waals surface area (Å²) in [4.78, 5) is 16.3. The van der Waals surface area contributed by atoms with E-state index in [-0.39, 0.29) is 5.91 Å². The van der Waals surface area contributed by atoms with Crippen molar-refractivity contribution in [2.75, 3.05) is 5.32 Å². The van der Waals surface area contributed by atoms with Crippen molar-refractivity contribution in [3.8, 4) is 12.8 Å². The Bertz CT molecular complexity index is 1190. The third kappa shape index (κ3) is 8.41. The van der Waals surface area contributed by atoms with Gasteiger partial charge in [-0.25, -0.2) is 0 Å². The lowest BCUT2D eigenvalue weighted by Gasteiger charge is -2.07. The molecule has 3 aromatic carbocycles. The maximum atomic E-state index is 12.2. The van der Waals surface area contributed by atoms with Gasteiger partial charge in [-0.05, 0) is 80.6 Å². The van der Waals surface area contributed by atoms with Crippen molar-refractivity contribution < 1.29 is 4.79 Å². The van der Waals surface area contributed by atoms with Crippen LogP contribution in [0.3, 0.4) is 0 Å². The van der Waals surface area contributed by atoms with Crippen LogP contribution in [-0.2, 0) is 6.42 Å². The Kier molecular flexibility index (Phi) is 10.3. The van der Waals surface area contributed by atoms with Gasteiger partial charge >= 0.3 is 0 Å². The molecule has 0 bridgehead atoms. The summed E-state index contributed by atoms with van der Waals surface area (Å²) in [5.74, 6) is -0.145. The summed E-state index contributed by atoms with van der Waals surface area (Å²) >= 11 is 0. The van der Waals surface area contributed by atoms with Crippen molar-refractivity contribution >= 4 is 11.6 Å². The monoisotopic (exact) mass is 448 g/mol. The van der Waals surface area contributed by atoms with E-state index in [2.05, 4.69) is 74.3 Å². The Morgan fingerprint density at radius 1 is 0.765 bits per heavy atom. The van der Waals surface area contributed by atoms with Gasteiger partial charge in [-0.1, -0.05) is 66.2 Å². The molecule has 0 aliphatic carbocycles. The predicted octanol–water partition coefficient (Wildman–Crippen LogP) is 7.09. The van der Waals surface area contributed by atoms with Crippen LogP contribution < -0.4 is 5.32 Å². The maximum Gasteiger partial charge on any atom is 0.257 e. The Hall–Kier alpha value is -4.16. The smallest absolute Gasteiger partial charge is 0.257 e. The number of nitrogens with one attached hydrogen (secondary N) is 1. The largest absolute Gasteiger partial charge is 0.322 e. The molecular weight excluding hydrogens is 416 g/mol. The summed E-state index contributed by atoms with van der Waals surface area (Å²) in [6.45, 7) is 8.29. The fourth-order valence-corrected chi connectivity index (χ4v) is 3.23. The average molecular weight is 449 g/mol. The van der Waals surface area contributed by atoms with Crippen molar-refractivity contribution in [1.82, 2.24) is 4.98 Å². The normalized spacial score (nSPS) is 9.59. The van der Waals surface area contributed by atoms with Crippen LogP contribution in [-0.4, -0.2) is 10.9 Å². The molecule has 3 heteroatoms. The molecule has 1 amide bonds. The number of carbonyl (C=O) groups excluding carboxylic acids is 1. The number of pyridine rings is 1. The predicted molar refractivity (Wildman–Crippen MR) is 143 cm³/mol. The van der Waals surface area contributed by atoms with Crippen LogP contribution in [0.15, 0.2) is 91.1 Å². The molecule has 0 radical (unpaired) electrons. The van der Waals surface area contributed by atoms with Crippen LogP contribution >= 0.6 is 0 Å². The van der Waals surface area contributed by atoms with Crippen molar-refractivity contribution in [1.29, 1.82) is 0 Å². The number of aromatic nitrogens is 1. The zero-order valence-corrected chi connectivity index (χ0v) is 20.4. The SMILES string of the molecule is C#C.Cc1ccc(C(=O)Nc2ccc(Cc3ccccc3)cc2)cn1.Cc1ccc(C)c(C)c1. The van der Waals surface area contributed by atoms with E-state index < -0.39 is 0 Å². The van der Waals surface area contributed by atoms with Crippen molar-refractivity contribution in [3.05, 3.63) is 130 Å². The first-order chi connectivity index (χ1) is 16.4. The van der Waals surface area contributed by atoms with Gasteiger partial charge in [0.1, 0.15) is 0 Å². The number of benzene rings is 3. The van der Waals surface area contributed by atoms with Gasteiger partial charge in [-0.15, -0.1) is 12.8 Å². The van der Waals surface area contributed by atoms with Gasteiger partial charge in [0.05, 0.1) is 5.56 Å². The van der Waals surface area contributed by atoms with Crippen LogP contribution in [0.4, 0.5) is 5.69 Å². The quantitative estimate of drug-likeness (QED) is 0.339. The second kappa shape index (κ2) is 13.4. The van der Waals surface area contributed by atoms with Gasteiger partial charge in [0.15, 0.2) is 0 Å². The second-order valence-electron chi connectivity index (χ2n) is 8.09. The lowest BCUT2D eigenvalue weighted by molar-refractivity contribution is 0.102. The van der Waals surface area contributed by atoms with Gasteiger partial charge in [-0.3, -0.25) is 9.78 Å². The topological polar surface area (TPSA) is 42.0 Å². The number of anilines is 1. The van der Waals surface area contributed by atoms with Gasteiger partial charge in [0.2, 0.25) is 0 Å². The van der Waals surface area contributed by atoms with Crippen LogP contribution in [0, 0.1) is 40.5 Å². The third-order valence-corrected chi connectivity index (χ3v) is 5.30. The summed E-state index contributed by atoms with van der Waals surface area (Å²) < 4.78 is 0. The Morgan fingerprint density at radius 3 is 1.97 bits per heavy atom. The number of amides is 1. The van der Waals surface area contributed by atoms with E-state index in [9.17, 15) is 4.79 Å². The fourth-order valence-electron chi connectivity index (χ4n) is 3.23. The minimum absolute atomic E-state index is 0.145. The summed E-state index contributed by atoms with van der Waals surface area (Å²) in [5.41, 5.74) is 8.83. The molecular formula is C31H32N2O. The zero-order chi connectivity index (χ0) is 24.9. The molecule has 1 aromatic heterocycles. The molecule has 34 heavy (non-hydrogen) atoms. The number of carbonyl (C=O) groups is 1. The lowest BCUT2D eigenvalue weighted by Crippen LogP contribution is -2.12. The Labute approximate surface area is 203 Å². The summed E-state index contributed by atoms with van der Waals surface area (Å²) in [5, 5.41) is 2.89. The van der Waals surface area contributed by atoms with E-state index >= 15 is 0 Å². The second-order valence-corrected chi connectivity index (χ2v) is 8.09. The fraction of sp³-hybridized carbons (Fsp3) is 0.161. The summed E-state index contributed by atoms with van der Waals surface area (Å²) in [6.07, 6.45) is 10.5. The Balaban J connectivity index is 0.000000311. The molecule has 1 N–H and O–H groups in total. The highest BCUT2D eigenvalue weighted by molar-refractivity contribution is 6.04. The standard InChI is InChI=1S/C20H18N2O.C9H12.C2H2/c1-15-7-10-18(14-21-15)20(23)22-19-11-8-17(9-12-19)13-16-5-3-2-4-6-16;1-7-4-5-8(2)9(3)6-7;1-2/h2-12,14H,13H2,1H3,(H,22,23);4-6H,1-3H3;1-2H. The highest BCUT2D eigenvalue weighted by Gasteiger charge is 2.06. The number of hydrogen-bond acceptors (Lipinski definition) is 2. The highest BCUT2D eigenvalue weighted by Crippen LogP contribution is 2.14. The summed E-state index contributed by atoms with van der Waals surface area (Å²) in [6, 6.07) is 28.4. The van der Waals surface area contributed by atoms with Crippen molar-refractivity contribution in [2.45, 2.75) is 34.1 Å². The Morgan fingerprint density at radius 2 is 1.41 bits per heavy atom. The van der Waals surface area contributed by atoms with E-state index in [0.29, 0.717) is 5.56 Å². The number of rotatable bonds is 4. The van der Waals surface area contributed by atoms with E-state index in [1.165, 1.54) is 27.8 Å². The van der Waals surface area contributed by atoms with E-state index in [4.69, 9.17) is 0 Å². The zero-order valence-electron chi connectivity index (χ0n) is 20.4. The molecule has 3 nitrogen and oxygen atoms in total. The van der Waals surface area contributed by atoms with Crippen LogP contribution in [0.25, 0.3) is 0 Å². The molecule has 4 rings (SSSR count). The van der Waals surface area contributed by atoms with Gasteiger partial charge < -0.3 is 5.32 Å². The molecule has 0 unspecified atom stereocenters. The van der Waals surface area contributed by atoms with Gasteiger partial charge in [-0.2, -0.15) is 0 Å². The van der Waals surface area contributed by atoms with Gasteiger partial charge in [0.25, 0.3) is 5.91 Å². The first-order valence-electron chi connectivity index (χ1n) is 11.1. The number of nitrogens with zero attached hydrogens (tertiary/aromatic N) is 1. The molecule has 0 saturated carbocycles. The minimum Gasteiger partial charge on any atom is -0.322 e. The molecule has 0 fully saturated rings. The number of terminal acetylenes is 1. The van der Waals surface area contributed by atoms with Crippen molar-refractivity contribution in [3.63, 3.8) is 0 Å². The molecule has 0 saturated heterocycles. The van der Waals surface area contributed by atoms with Crippen LogP contribution in [0.1, 0.15) is 43.9 Å². The molecule has 0 aliphatic heterocycles. The maximum absolute atomic E-state index is 12.2.